The van der Waals surface area contributed by atoms with Gasteiger partial charge in [-0.15, -0.1) is 0 Å². The van der Waals surface area contributed by atoms with Crippen molar-refractivity contribution in [2.24, 2.45) is 0 Å². The zero-order chi connectivity index (χ0) is 11.7. The molecule has 0 N–H and O–H groups in total. The van der Waals surface area contributed by atoms with Gasteiger partial charge in [-0.3, -0.25) is 8.42 Å². The zero-order valence-corrected chi connectivity index (χ0v) is 15.5. The predicted molar refractivity (Wildman–Crippen MR) is 58.3 cm³/mol. The first kappa shape index (κ1) is 18.9. The number of hydrogen-bond acceptors (Lipinski definition) is 4. The Labute approximate surface area is 154 Å². The molecule has 2 aromatic rings. The minimum Gasteiger partial charge on any atom is -0.768 e. The van der Waals surface area contributed by atoms with Gasteiger partial charge in [0.2, 0.25) is 0 Å². The van der Waals surface area contributed by atoms with Crippen molar-refractivity contribution in [3.05, 3.63) is 36.4 Å². The summed E-state index contributed by atoms with van der Waals surface area (Å²) in [5, 5.41) is 0.829. The molecule has 0 amide bonds. The number of fused-ring (bicyclic) bond motifs is 1. The molecule has 0 aromatic heterocycles. The van der Waals surface area contributed by atoms with E-state index in [1.807, 2.05) is 0 Å². The van der Waals surface area contributed by atoms with E-state index in [2.05, 4.69) is 0 Å². The van der Waals surface area contributed by atoms with E-state index in [0.717, 1.165) is 0 Å². The van der Waals surface area contributed by atoms with Crippen molar-refractivity contribution in [3.63, 3.8) is 0 Å². The number of rotatable bonds is 2. The summed E-state index contributed by atoms with van der Waals surface area (Å²) in [4.78, 5) is 0.203. The maximum absolute atomic E-state index is 10.9. The van der Waals surface area contributed by atoms with Gasteiger partial charge in [0, 0.05) is 9.79 Å². The fourth-order valence-corrected chi connectivity index (χ4v) is 2.64. The van der Waals surface area contributed by atoms with Crippen LogP contribution in [0.4, 0.5) is 0 Å². The summed E-state index contributed by atoms with van der Waals surface area (Å²) in [5.74, 6) is 0. The second-order valence-electron chi connectivity index (χ2n) is 3.08. The molecule has 0 saturated heterocycles. The van der Waals surface area contributed by atoms with E-state index in [9.17, 15) is 17.5 Å². The van der Waals surface area contributed by atoms with Crippen LogP contribution in [0.1, 0.15) is 0 Å². The summed E-state index contributed by atoms with van der Waals surface area (Å²) < 4.78 is 43.8. The SMILES string of the molecule is O=S([O-])c1cccc2c(S(=O)[O-])cccc12.[Na+].[Na+]. The van der Waals surface area contributed by atoms with Crippen LogP contribution in [0.25, 0.3) is 10.8 Å². The minimum atomic E-state index is -2.38. The van der Waals surface area contributed by atoms with Gasteiger partial charge in [0.1, 0.15) is 0 Å². The molecule has 0 fully saturated rings. The molecule has 0 aliphatic rings. The topological polar surface area (TPSA) is 80.3 Å². The molecular formula is C10H6Na2O4S2. The van der Waals surface area contributed by atoms with Gasteiger partial charge < -0.3 is 9.11 Å². The van der Waals surface area contributed by atoms with Gasteiger partial charge in [0.15, 0.2) is 0 Å². The summed E-state index contributed by atoms with van der Waals surface area (Å²) in [7, 11) is 0. The Kier molecular flexibility index (Phi) is 8.68. The van der Waals surface area contributed by atoms with Crippen LogP contribution in [-0.2, 0) is 22.2 Å². The van der Waals surface area contributed by atoms with Crippen molar-refractivity contribution in [3.8, 4) is 0 Å². The predicted octanol–water partition coefficient (Wildman–Crippen LogP) is -4.68. The van der Waals surface area contributed by atoms with Crippen molar-refractivity contribution in [1.82, 2.24) is 0 Å². The third kappa shape index (κ3) is 3.96. The summed E-state index contributed by atoms with van der Waals surface area (Å²) >= 11 is -4.75. The molecule has 0 saturated carbocycles. The van der Waals surface area contributed by atoms with E-state index in [1.54, 1.807) is 12.1 Å². The molecule has 0 bridgehead atoms. The van der Waals surface area contributed by atoms with Crippen LogP contribution in [0, 0.1) is 0 Å². The van der Waals surface area contributed by atoms with Gasteiger partial charge in [-0.25, -0.2) is 0 Å². The second-order valence-corrected chi connectivity index (χ2v) is 4.90. The summed E-state index contributed by atoms with van der Waals surface area (Å²) in [5.41, 5.74) is 0. The second kappa shape index (κ2) is 8.26. The summed E-state index contributed by atoms with van der Waals surface area (Å²) in [6.45, 7) is 0. The van der Waals surface area contributed by atoms with Crippen LogP contribution in [0.15, 0.2) is 46.2 Å². The molecule has 2 unspecified atom stereocenters. The maximum atomic E-state index is 10.9. The first-order chi connectivity index (χ1) is 7.61. The first-order valence-corrected chi connectivity index (χ1v) is 6.46. The van der Waals surface area contributed by atoms with Crippen molar-refractivity contribution in [2.75, 3.05) is 0 Å². The van der Waals surface area contributed by atoms with Crippen molar-refractivity contribution < 1.29 is 76.6 Å². The Hall–Kier alpha value is 0.920. The van der Waals surface area contributed by atoms with Gasteiger partial charge in [-0.1, -0.05) is 24.3 Å². The third-order valence-corrected chi connectivity index (χ3v) is 3.63. The number of benzene rings is 2. The monoisotopic (exact) mass is 300 g/mol. The fourth-order valence-electron chi connectivity index (χ4n) is 1.54. The molecule has 0 aliphatic carbocycles. The van der Waals surface area contributed by atoms with Gasteiger partial charge in [-0.2, -0.15) is 0 Å². The normalized spacial score (nSPS) is 13.2. The average molecular weight is 300 g/mol. The standard InChI is InChI=1S/C10H8O4S2.2Na/c11-15(12)9-5-1-3-7-8(9)4-2-6-10(7)16(13)14;;/h1-6H,(H,11,12)(H,13,14);;/q;2*+1/p-2. The van der Waals surface area contributed by atoms with Crippen LogP contribution in [0.5, 0.6) is 0 Å². The smallest absolute Gasteiger partial charge is 0.768 e. The molecule has 0 heterocycles. The van der Waals surface area contributed by atoms with Gasteiger partial charge in [0.25, 0.3) is 0 Å². The molecule has 0 radical (unpaired) electrons. The molecule has 18 heavy (non-hydrogen) atoms. The van der Waals surface area contributed by atoms with Gasteiger partial charge in [-0.05, 0) is 45.1 Å². The summed E-state index contributed by atoms with van der Waals surface area (Å²) in [6.07, 6.45) is 0. The third-order valence-electron chi connectivity index (χ3n) is 2.20. The Morgan fingerprint density at radius 1 is 0.722 bits per heavy atom. The van der Waals surface area contributed by atoms with Crippen molar-refractivity contribution in [2.45, 2.75) is 9.79 Å². The van der Waals surface area contributed by atoms with E-state index in [0.29, 0.717) is 10.8 Å². The molecule has 2 aromatic carbocycles. The largest absolute Gasteiger partial charge is 1.00 e. The van der Waals surface area contributed by atoms with Crippen molar-refractivity contribution >= 4 is 32.9 Å². The van der Waals surface area contributed by atoms with E-state index in [1.165, 1.54) is 24.3 Å². The Morgan fingerprint density at radius 3 is 1.33 bits per heavy atom. The zero-order valence-electron chi connectivity index (χ0n) is 9.91. The fraction of sp³-hybridized carbons (Fsp3) is 0. The minimum absolute atomic E-state index is 0. The van der Waals surface area contributed by atoms with Crippen LogP contribution in [-0.4, -0.2) is 17.5 Å². The molecule has 8 heteroatoms. The maximum Gasteiger partial charge on any atom is 1.00 e. The molecule has 2 atom stereocenters. The van der Waals surface area contributed by atoms with Crippen molar-refractivity contribution in [1.29, 1.82) is 0 Å². The van der Waals surface area contributed by atoms with E-state index >= 15 is 0 Å². The molecule has 4 nitrogen and oxygen atoms in total. The molecule has 0 aliphatic heterocycles. The molecule has 0 spiro atoms. The van der Waals surface area contributed by atoms with E-state index < -0.39 is 22.2 Å². The van der Waals surface area contributed by atoms with Crippen LogP contribution in [0.3, 0.4) is 0 Å². The number of hydrogen-bond donors (Lipinski definition) is 0. The van der Waals surface area contributed by atoms with Crippen LogP contribution < -0.4 is 59.1 Å². The van der Waals surface area contributed by atoms with Gasteiger partial charge >= 0.3 is 59.1 Å². The molecule has 2 rings (SSSR count). The van der Waals surface area contributed by atoms with E-state index in [4.69, 9.17) is 0 Å². The molecular weight excluding hydrogens is 294 g/mol. The summed E-state index contributed by atoms with van der Waals surface area (Å²) in [6, 6.07) is 9.06. The average Bonchev–Trinajstić information content (AvgIpc) is 2.27. The van der Waals surface area contributed by atoms with Gasteiger partial charge in [0.05, 0.1) is 0 Å². The Balaban J connectivity index is 0.00000144. The quantitative estimate of drug-likeness (QED) is 0.412. The Morgan fingerprint density at radius 2 is 1.06 bits per heavy atom. The first-order valence-electron chi connectivity index (χ1n) is 4.31. The van der Waals surface area contributed by atoms with E-state index in [-0.39, 0.29) is 68.9 Å². The molecule has 84 valence electrons. The Bertz CT molecular complexity index is 550. The van der Waals surface area contributed by atoms with Crippen LogP contribution >= 0.6 is 0 Å². The van der Waals surface area contributed by atoms with Crippen LogP contribution in [0.2, 0.25) is 0 Å².